The zero-order valence-electron chi connectivity index (χ0n) is 11.5. The highest BCUT2D eigenvalue weighted by atomic mass is 16.1. The van der Waals surface area contributed by atoms with E-state index in [1.165, 1.54) is 0 Å². The standard InChI is InChI=1S/C14H19N5O/c1-10(13(15)20)18-6-8-19(9-7-18)14-16-11-4-2-3-5-12(11)17-14/h2-5,10H,6-9H2,1H3,(H2,15,20)(H,16,17). The Morgan fingerprint density at radius 2 is 2.00 bits per heavy atom. The summed E-state index contributed by atoms with van der Waals surface area (Å²) in [4.78, 5) is 23.5. The maximum absolute atomic E-state index is 11.2. The molecule has 1 aromatic heterocycles. The Morgan fingerprint density at radius 3 is 2.65 bits per heavy atom. The molecule has 1 atom stereocenters. The molecule has 0 saturated carbocycles. The monoisotopic (exact) mass is 273 g/mol. The summed E-state index contributed by atoms with van der Waals surface area (Å²) in [6, 6.07) is 7.81. The van der Waals surface area contributed by atoms with Gasteiger partial charge >= 0.3 is 0 Å². The molecule has 0 bridgehead atoms. The molecule has 6 heteroatoms. The van der Waals surface area contributed by atoms with Gasteiger partial charge in [0.05, 0.1) is 17.1 Å². The van der Waals surface area contributed by atoms with Crippen molar-refractivity contribution in [2.24, 2.45) is 5.73 Å². The second-order valence-corrected chi connectivity index (χ2v) is 5.18. The summed E-state index contributed by atoms with van der Waals surface area (Å²) in [5.74, 6) is 0.639. The van der Waals surface area contributed by atoms with Crippen LogP contribution in [0.2, 0.25) is 0 Å². The van der Waals surface area contributed by atoms with E-state index >= 15 is 0 Å². The van der Waals surface area contributed by atoms with Gasteiger partial charge in [-0.25, -0.2) is 4.98 Å². The maximum atomic E-state index is 11.2. The van der Waals surface area contributed by atoms with Crippen molar-refractivity contribution in [1.82, 2.24) is 14.9 Å². The van der Waals surface area contributed by atoms with E-state index in [4.69, 9.17) is 5.73 Å². The summed E-state index contributed by atoms with van der Waals surface area (Å²) in [7, 11) is 0. The van der Waals surface area contributed by atoms with Crippen LogP contribution in [0.1, 0.15) is 6.92 Å². The Kier molecular flexibility index (Phi) is 3.31. The molecular weight excluding hydrogens is 254 g/mol. The number of aromatic nitrogens is 2. The Labute approximate surface area is 117 Å². The van der Waals surface area contributed by atoms with Crippen molar-refractivity contribution in [2.45, 2.75) is 13.0 Å². The molecule has 0 radical (unpaired) electrons. The number of benzene rings is 1. The number of imidazole rings is 1. The summed E-state index contributed by atoms with van der Waals surface area (Å²) >= 11 is 0. The van der Waals surface area contributed by atoms with E-state index in [9.17, 15) is 4.79 Å². The average molecular weight is 273 g/mol. The maximum Gasteiger partial charge on any atom is 0.234 e. The van der Waals surface area contributed by atoms with Crippen molar-refractivity contribution in [3.05, 3.63) is 24.3 Å². The fourth-order valence-corrected chi connectivity index (χ4v) is 2.59. The molecule has 1 fully saturated rings. The molecule has 0 aliphatic carbocycles. The summed E-state index contributed by atoms with van der Waals surface area (Å²) < 4.78 is 0. The molecule has 2 heterocycles. The number of hydrogen-bond acceptors (Lipinski definition) is 4. The minimum Gasteiger partial charge on any atom is -0.368 e. The third-order valence-corrected chi connectivity index (χ3v) is 3.95. The Bertz CT molecular complexity index is 582. The van der Waals surface area contributed by atoms with E-state index in [2.05, 4.69) is 19.8 Å². The molecule has 1 amide bonds. The van der Waals surface area contributed by atoms with E-state index in [1.54, 1.807) is 0 Å². The Balaban J connectivity index is 1.70. The van der Waals surface area contributed by atoms with Gasteiger partial charge in [0, 0.05) is 26.2 Å². The first-order valence-corrected chi connectivity index (χ1v) is 6.88. The smallest absolute Gasteiger partial charge is 0.234 e. The number of para-hydroxylation sites is 2. The first-order valence-electron chi connectivity index (χ1n) is 6.88. The molecule has 3 rings (SSSR count). The van der Waals surface area contributed by atoms with Crippen molar-refractivity contribution >= 4 is 22.9 Å². The predicted octanol–water partition coefficient (Wildman–Crippen LogP) is 0.559. The van der Waals surface area contributed by atoms with Crippen LogP contribution in [0.4, 0.5) is 5.95 Å². The van der Waals surface area contributed by atoms with Crippen molar-refractivity contribution in [1.29, 1.82) is 0 Å². The number of H-pyrrole nitrogens is 1. The second-order valence-electron chi connectivity index (χ2n) is 5.18. The average Bonchev–Trinajstić information content (AvgIpc) is 2.90. The number of aromatic amines is 1. The van der Waals surface area contributed by atoms with E-state index < -0.39 is 0 Å². The summed E-state index contributed by atoms with van der Waals surface area (Å²) in [6.07, 6.45) is 0. The molecule has 3 N–H and O–H groups in total. The van der Waals surface area contributed by atoms with Crippen LogP contribution in [0.5, 0.6) is 0 Å². The van der Waals surface area contributed by atoms with Gasteiger partial charge in [-0.2, -0.15) is 0 Å². The number of primary amides is 1. The Morgan fingerprint density at radius 1 is 1.30 bits per heavy atom. The van der Waals surface area contributed by atoms with Gasteiger partial charge in [-0.15, -0.1) is 0 Å². The zero-order valence-corrected chi connectivity index (χ0v) is 11.5. The summed E-state index contributed by atoms with van der Waals surface area (Å²) in [6.45, 7) is 5.19. The topological polar surface area (TPSA) is 78.2 Å². The number of carbonyl (C=O) groups excluding carboxylic acids is 1. The van der Waals surface area contributed by atoms with Gasteiger partial charge in [-0.1, -0.05) is 12.1 Å². The lowest BCUT2D eigenvalue weighted by Crippen LogP contribution is -2.53. The largest absolute Gasteiger partial charge is 0.368 e. The van der Waals surface area contributed by atoms with Crippen molar-refractivity contribution in [2.75, 3.05) is 31.1 Å². The van der Waals surface area contributed by atoms with Crippen LogP contribution in [-0.2, 0) is 4.79 Å². The molecule has 6 nitrogen and oxygen atoms in total. The van der Waals surface area contributed by atoms with E-state index in [0.717, 1.165) is 43.2 Å². The van der Waals surface area contributed by atoms with Gasteiger partial charge < -0.3 is 15.6 Å². The molecule has 1 unspecified atom stereocenters. The number of nitrogens with one attached hydrogen (secondary N) is 1. The first kappa shape index (κ1) is 12.9. The fourth-order valence-electron chi connectivity index (χ4n) is 2.59. The van der Waals surface area contributed by atoms with Crippen LogP contribution < -0.4 is 10.6 Å². The molecule has 20 heavy (non-hydrogen) atoms. The highest BCUT2D eigenvalue weighted by Crippen LogP contribution is 2.18. The Hall–Kier alpha value is -2.08. The van der Waals surface area contributed by atoms with Gasteiger partial charge in [0.15, 0.2) is 0 Å². The van der Waals surface area contributed by atoms with Gasteiger partial charge in [-0.3, -0.25) is 9.69 Å². The molecule has 1 aliphatic heterocycles. The minimum atomic E-state index is -0.262. The van der Waals surface area contributed by atoms with Crippen LogP contribution in [0.25, 0.3) is 11.0 Å². The number of rotatable bonds is 3. The van der Waals surface area contributed by atoms with Gasteiger partial charge in [-0.05, 0) is 19.1 Å². The quantitative estimate of drug-likeness (QED) is 0.856. The van der Waals surface area contributed by atoms with Crippen LogP contribution in [0, 0.1) is 0 Å². The highest BCUT2D eigenvalue weighted by molar-refractivity contribution is 5.79. The van der Waals surface area contributed by atoms with Gasteiger partial charge in [0.1, 0.15) is 0 Å². The number of amides is 1. The van der Waals surface area contributed by atoms with Crippen LogP contribution >= 0.6 is 0 Å². The number of carbonyl (C=O) groups is 1. The molecule has 1 aliphatic rings. The van der Waals surface area contributed by atoms with E-state index in [1.807, 2.05) is 31.2 Å². The van der Waals surface area contributed by atoms with Crippen LogP contribution in [-0.4, -0.2) is 53.0 Å². The summed E-state index contributed by atoms with van der Waals surface area (Å²) in [5, 5.41) is 0. The minimum absolute atomic E-state index is 0.201. The molecule has 1 saturated heterocycles. The van der Waals surface area contributed by atoms with Gasteiger partial charge in [0.2, 0.25) is 11.9 Å². The number of fused-ring (bicyclic) bond motifs is 1. The lowest BCUT2D eigenvalue weighted by molar-refractivity contribution is -0.122. The second kappa shape index (κ2) is 5.13. The number of anilines is 1. The van der Waals surface area contributed by atoms with Crippen molar-refractivity contribution in [3.63, 3.8) is 0 Å². The van der Waals surface area contributed by atoms with E-state index in [-0.39, 0.29) is 11.9 Å². The van der Waals surface area contributed by atoms with Crippen molar-refractivity contribution in [3.8, 4) is 0 Å². The SMILES string of the molecule is CC(C(N)=O)N1CCN(c2nc3ccccc3[nH]2)CC1. The lowest BCUT2D eigenvalue weighted by atomic mass is 10.2. The van der Waals surface area contributed by atoms with Gasteiger partial charge in [0.25, 0.3) is 0 Å². The first-order chi connectivity index (χ1) is 9.65. The van der Waals surface area contributed by atoms with Crippen LogP contribution in [0.3, 0.4) is 0 Å². The number of nitrogens with two attached hydrogens (primary N) is 1. The molecule has 1 aromatic carbocycles. The molecule has 2 aromatic rings. The molecule has 106 valence electrons. The normalized spacial score (nSPS) is 18.4. The number of nitrogens with zero attached hydrogens (tertiary/aromatic N) is 3. The van der Waals surface area contributed by atoms with E-state index in [0.29, 0.717) is 0 Å². The fraction of sp³-hybridized carbons (Fsp3) is 0.429. The molecular formula is C14H19N5O. The highest BCUT2D eigenvalue weighted by Gasteiger charge is 2.25. The summed E-state index contributed by atoms with van der Waals surface area (Å²) in [5.41, 5.74) is 7.38. The zero-order chi connectivity index (χ0) is 14.1. The number of piperazine rings is 1. The predicted molar refractivity (Wildman–Crippen MR) is 78.5 cm³/mol. The number of hydrogen-bond donors (Lipinski definition) is 2. The lowest BCUT2D eigenvalue weighted by Gasteiger charge is -2.36. The molecule has 0 spiro atoms. The third-order valence-electron chi connectivity index (χ3n) is 3.95. The van der Waals surface area contributed by atoms with Crippen LogP contribution in [0.15, 0.2) is 24.3 Å². The third kappa shape index (κ3) is 2.34. The van der Waals surface area contributed by atoms with Crippen molar-refractivity contribution < 1.29 is 4.79 Å².